The molecule has 18 heteroatoms. The monoisotopic (exact) mass is 1060 g/mol. The predicted octanol–water partition coefficient (Wildman–Crippen LogP) is 8.16. The lowest BCUT2D eigenvalue weighted by Crippen LogP contribution is -2.39. The van der Waals surface area contributed by atoms with Crippen LogP contribution < -0.4 is 30.9 Å². The van der Waals surface area contributed by atoms with Crippen LogP contribution in [0, 0.1) is 0 Å². The Morgan fingerprint density at radius 1 is 0.526 bits per heavy atom. The summed E-state index contributed by atoms with van der Waals surface area (Å²) in [5.74, 6) is 1.99. The van der Waals surface area contributed by atoms with Crippen LogP contribution in [0.15, 0.2) is 153 Å². The number of piperidine rings is 2. The summed E-state index contributed by atoms with van der Waals surface area (Å²) in [4.78, 5) is 39.7. The molecule has 0 aliphatic carbocycles. The van der Waals surface area contributed by atoms with Gasteiger partial charge in [0, 0.05) is 86.8 Å². The number of hydrogen-bond donors (Lipinski definition) is 4. The maximum atomic E-state index is 11.1. The van der Waals surface area contributed by atoms with E-state index in [9.17, 15) is 10.2 Å². The summed E-state index contributed by atoms with van der Waals surface area (Å²) in [6.45, 7) is 7.17. The molecule has 388 valence electrons. The smallest absolute Gasteiger partial charge is 0.214 e. The molecule has 4 aromatic carbocycles. The van der Waals surface area contributed by atoms with Gasteiger partial charge in [-0.25, -0.2) is 29.9 Å². The zero-order valence-corrected chi connectivity index (χ0v) is 43.6. The Kier molecular flexibility index (Phi) is 15.2. The molecule has 0 atom stereocenters. The number of hydrogen-bond acceptors (Lipinski definition) is 14. The van der Waals surface area contributed by atoms with Gasteiger partial charge >= 0.3 is 0 Å². The quantitative estimate of drug-likeness (QED) is 0.0827. The summed E-state index contributed by atoms with van der Waals surface area (Å²) in [6.07, 6.45) is 3.83. The molecule has 4 aromatic heterocycles. The maximum absolute atomic E-state index is 11.1. The molecule has 0 amide bonds. The summed E-state index contributed by atoms with van der Waals surface area (Å²) in [6, 6.07) is 37.7. The second-order valence-corrected chi connectivity index (χ2v) is 19.8. The van der Waals surface area contributed by atoms with E-state index in [1.807, 2.05) is 121 Å². The van der Waals surface area contributed by atoms with E-state index >= 15 is 0 Å². The summed E-state index contributed by atoms with van der Waals surface area (Å²) < 4.78 is 23.0. The van der Waals surface area contributed by atoms with Crippen LogP contribution in [0.4, 0.5) is 0 Å². The largest absolute Gasteiger partial charge is 0.494 e. The number of pyridine rings is 2. The van der Waals surface area contributed by atoms with Crippen molar-refractivity contribution in [2.75, 3.05) is 66.7 Å². The molecule has 16 nitrogen and oxygen atoms in total. The van der Waals surface area contributed by atoms with Crippen molar-refractivity contribution in [3.63, 3.8) is 0 Å². The molecular formula is C58H56Cl2N10O6. The Labute approximate surface area is 448 Å². The van der Waals surface area contributed by atoms with Crippen LogP contribution in [-0.4, -0.2) is 119 Å². The first-order chi connectivity index (χ1) is 37.2. The molecular weight excluding hydrogens is 1000 g/mol. The van der Waals surface area contributed by atoms with Gasteiger partial charge in [-0.2, -0.15) is 0 Å². The van der Waals surface area contributed by atoms with Gasteiger partial charge in [-0.3, -0.25) is 0 Å². The van der Waals surface area contributed by atoms with Gasteiger partial charge < -0.3 is 48.9 Å². The van der Waals surface area contributed by atoms with Gasteiger partial charge in [0.1, 0.15) is 23.2 Å². The third kappa shape index (κ3) is 11.1. The number of rotatable bonds is 14. The number of H-pyrrole nitrogens is 2. The Morgan fingerprint density at radius 2 is 0.908 bits per heavy atom. The lowest BCUT2D eigenvalue weighted by atomic mass is 9.98. The highest BCUT2D eigenvalue weighted by Gasteiger charge is 2.28. The molecule has 12 rings (SSSR count). The third-order valence-electron chi connectivity index (χ3n) is 13.9. The fourth-order valence-corrected chi connectivity index (χ4v) is 10.4. The normalized spacial score (nSPS) is 15.8. The first-order valence-corrected chi connectivity index (χ1v) is 26.2. The van der Waals surface area contributed by atoms with E-state index in [2.05, 4.69) is 19.8 Å². The van der Waals surface area contributed by atoms with Crippen molar-refractivity contribution < 1.29 is 29.2 Å². The Bertz CT molecular complexity index is 3450. The Hall–Kier alpha value is -7.44. The number of aromatic nitrogens is 4. The number of nitrogens with one attached hydrogen (secondary N) is 2. The maximum Gasteiger partial charge on any atom is 0.214 e. The lowest BCUT2D eigenvalue weighted by molar-refractivity contribution is 0.0774. The van der Waals surface area contributed by atoms with Crippen molar-refractivity contribution in [1.82, 2.24) is 29.7 Å². The zero-order valence-electron chi connectivity index (χ0n) is 42.0. The molecule has 4 aliphatic heterocycles. The van der Waals surface area contributed by atoms with Gasteiger partial charge in [0.25, 0.3) is 0 Å². The van der Waals surface area contributed by atoms with E-state index < -0.39 is 0 Å². The molecule has 8 aromatic rings. The van der Waals surface area contributed by atoms with Gasteiger partial charge in [-0.1, -0.05) is 71.7 Å². The molecule has 0 bridgehead atoms. The standard InChI is InChI=1S/2C29H28ClN5O3/c2*1-37-16-15-35-13-11-20(12-14-35)38-24-10-9-23-27(34-24)26(29(36)33-23)25(18-5-4-6-19(30)17-18)28-31-21-7-2-3-8-22(21)32-28/h2*2-10,17,20,33,36H,11-16H2,1H3. The number of ether oxygens (including phenoxy) is 4. The van der Waals surface area contributed by atoms with E-state index in [1.165, 1.54) is 0 Å². The van der Waals surface area contributed by atoms with Gasteiger partial charge in [0.2, 0.25) is 11.8 Å². The van der Waals surface area contributed by atoms with E-state index in [-0.39, 0.29) is 24.0 Å². The number of para-hydroxylation sites is 4. The fraction of sp³-hybridized carbons (Fsp3) is 0.276. The number of fused-ring (bicyclic) bond motifs is 4. The highest BCUT2D eigenvalue weighted by molar-refractivity contribution is 6.31. The number of likely N-dealkylation sites (tertiary alicyclic amines) is 2. The van der Waals surface area contributed by atoms with Gasteiger partial charge in [-0.05, 0) is 97.5 Å². The number of nitrogens with zero attached hydrogens (tertiary/aromatic N) is 8. The molecule has 76 heavy (non-hydrogen) atoms. The summed E-state index contributed by atoms with van der Waals surface area (Å²) in [5.41, 5.74) is 6.41. The number of aromatic hydroxyl groups is 2. The van der Waals surface area contributed by atoms with Crippen LogP contribution in [0.2, 0.25) is 10.0 Å². The topological polar surface area (TPSA) is 191 Å². The van der Waals surface area contributed by atoms with Crippen molar-refractivity contribution >= 4 is 56.4 Å². The molecule has 4 N–H and O–H groups in total. The van der Waals surface area contributed by atoms with Crippen LogP contribution >= 0.6 is 23.2 Å². The summed E-state index contributed by atoms with van der Waals surface area (Å²) in [5, 5.41) is 26.5. The van der Waals surface area contributed by atoms with E-state index in [0.717, 1.165) is 111 Å². The molecule has 8 heterocycles. The lowest BCUT2D eigenvalue weighted by Gasteiger charge is -2.31. The van der Waals surface area contributed by atoms with Crippen molar-refractivity contribution in [3.05, 3.63) is 187 Å². The van der Waals surface area contributed by atoms with Crippen molar-refractivity contribution in [2.45, 2.75) is 37.9 Å². The van der Waals surface area contributed by atoms with Gasteiger partial charge in [0.05, 0.1) is 56.8 Å². The Morgan fingerprint density at radius 3 is 1.26 bits per heavy atom. The summed E-state index contributed by atoms with van der Waals surface area (Å²) in [7, 11) is 3.46. The number of methoxy groups -OCH3 is 2. The SMILES string of the molecule is COCCN1CCC(Oc2ccc3[nH]c(O)c(C(=C4N=c5ccccc5=N4)c4cccc(Cl)c4)c3n2)CC1.COCCN1CCC(Oc2ccc3[nH]c(O)c(C(=C4N=c5ccccc5=N4)c4cccc(Cl)c4)c3n2)CC1. The van der Waals surface area contributed by atoms with E-state index in [1.54, 1.807) is 14.2 Å². The molecule has 0 unspecified atom stereocenters. The molecule has 0 spiro atoms. The highest BCUT2D eigenvalue weighted by atomic mass is 35.5. The third-order valence-corrected chi connectivity index (χ3v) is 14.4. The second-order valence-electron chi connectivity index (χ2n) is 18.9. The minimum atomic E-state index is -0.0140. The minimum absolute atomic E-state index is 0.0140. The van der Waals surface area contributed by atoms with Crippen LogP contribution in [0.3, 0.4) is 0 Å². The summed E-state index contributed by atoms with van der Waals surface area (Å²) >= 11 is 12.8. The van der Waals surface area contributed by atoms with Crippen molar-refractivity contribution in [2.24, 2.45) is 20.0 Å². The number of aromatic amines is 2. The molecule has 4 aliphatic rings. The number of benzene rings is 4. The Balaban J connectivity index is 0.000000162. The second kappa shape index (κ2) is 22.8. The fourth-order valence-electron chi connectivity index (χ4n) is 10.1. The molecule has 2 saturated heterocycles. The average Bonchev–Trinajstić information content (AvgIpc) is 4.25. The van der Waals surface area contributed by atoms with Crippen molar-refractivity contribution in [1.29, 1.82) is 0 Å². The number of halogens is 2. The van der Waals surface area contributed by atoms with Crippen LogP contribution in [0.1, 0.15) is 47.9 Å². The van der Waals surface area contributed by atoms with E-state index in [0.29, 0.717) is 77.8 Å². The first kappa shape index (κ1) is 50.7. The van der Waals surface area contributed by atoms with Crippen molar-refractivity contribution in [3.8, 4) is 23.5 Å². The van der Waals surface area contributed by atoms with Gasteiger partial charge in [-0.15, -0.1) is 0 Å². The predicted molar refractivity (Wildman–Crippen MR) is 292 cm³/mol. The van der Waals surface area contributed by atoms with Crippen LogP contribution in [0.5, 0.6) is 23.5 Å². The molecule has 0 radical (unpaired) electrons. The van der Waals surface area contributed by atoms with E-state index in [4.69, 9.17) is 72.1 Å². The highest BCUT2D eigenvalue weighted by Crippen LogP contribution is 2.42. The molecule has 0 saturated carbocycles. The van der Waals surface area contributed by atoms with Crippen LogP contribution in [0.25, 0.3) is 33.2 Å². The first-order valence-electron chi connectivity index (χ1n) is 25.4. The minimum Gasteiger partial charge on any atom is -0.494 e. The molecule has 2 fully saturated rings. The van der Waals surface area contributed by atoms with Crippen LogP contribution in [-0.2, 0) is 9.47 Å². The van der Waals surface area contributed by atoms with Gasteiger partial charge in [0.15, 0.2) is 23.4 Å². The zero-order chi connectivity index (χ0) is 52.1. The average molecular weight is 1060 g/mol.